The zero-order chi connectivity index (χ0) is 13.8. The summed E-state index contributed by atoms with van der Waals surface area (Å²) < 4.78 is 18.7. The average molecular weight is 260 g/mol. The van der Waals surface area contributed by atoms with Crippen molar-refractivity contribution in [3.63, 3.8) is 0 Å². The van der Waals surface area contributed by atoms with Crippen LogP contribution in [0.5, 0.6) is 5.75 Å². The van der Waals surface area contributed by atoms with Gasteiger partial charge in [0.25, 0.3) is 0 Å². The van der Waals surface area contributed by atoms with E-state index in [-0.39, 0.29) is 11.9 Å². The van der Waals surface area contributed by atoms with E-state index < -0.39 is 0 Å². The Morgan fingerprint density at radius 1 is 1.32 bits per heavy atom. The fourth-order valence-corrected chi connectivity index (χ4v) is 2.15. The summed E-state index contributed by atoms with van der Waals surface area (Å²) in [5.41, 5.74) is 2.60. The lowest BCUT2D eigenvalue weighted by Gasteiger charge is -2.20. The van der Waals surface area contributed by atoms with Crippen LogP contribution in [0.3, 0.4) is 0 Å². The largest absolute Gasteiger partial charge is 0.495 e. The molecule has 0 amide bonds. The minimum Gasteiger partial charge on any atom is -0.495 e. The molecule has 3 nitrogen and oxygen atoms in total. The molecule has 1 unspecified atom stereocenters. The standard InChI is InChI=1S/C15H17FN2O/c1-10-8-11(4-5-13(10)16)15(17-2)12-6-7-18-9-14(12)19-3/h4-9,15,17H,1-3H3. The number of hydrogen-bond acceptors (Lipinski definition) is 3. The Kier molecular flexibility index (Phi) is 4.12. The highest BCUT2D eigenvalue weighted by Gasteiger charge is 2.17. The Bertz CT molecular complexity index is 572. The topological polar surface area (TPSA) is 34.2 Å². The van der Waals surface area contributed by atoms with E-state index in [1.807, 2.05) is 19.2 Å². The van der Waals surface area contributed by atoms with E-state index in [4.69, 9.17) is 4.74 Å². The number of nitrogens with zero attached hydrogens (tertiary/aromatic N) is 1. The predicted octanol–water partition coefficient (Wildman–Crippen LogP) is 2.85. The zero-order valence-corrected chi connectivity index (χ0v) is 11.3. The van der Waals surface area contributed by atoms with Crippen LogP contribution in [0.25, 0.3) is 0 Å². The molecule has 19 heavy (non-hydrogen) atoms. The van der Waals surface area contributed by atoms with Crippen LogP contribution in [0, 0.1) is 12.7 Å². The molecule has 1 aromatic carbocycles. The third-order valence-electron chi connectivity index (χ3n) is 3.15. The third-order valence-corrected chi connectivity index (χ3v) is 3.15. The average Bonchev–Trinajstić information content (AvgIpc) is 2.44. The number of pyridine rings is 1. The minimum atomic E-state index is -0.194. The van der Waals surface area contributed by atoms with E-state index in [9.17, 15) is 4.39 Å². The fraction of sp³-hybridized carbons (Fsp3) is 0.267. The molecule has 0 spiro atoms. The van der Waals surface area contributed by atoms with Crippen LogP contribution in [-0.4, -0.2) is 19.1 Å². The van der Waals surface area contributed by atoms with Crippen molar-refractivity contribution >= 4 is 0 Å². The van der Waals surface area contributed by atoms with Gasteiger partial charge in [-0.2, -0.15) is 0 Å². The summed E-state index contributed by atoms with van der Waals surface area (Å²) in [5, 5.41) is 3.23. The van der Waals surface area contributed by atoms with Crippen molar-refractivity contribution < 1.29 is 9.13 Å². The molecular weight excluding hydrogens is 243 g/mol. The van der Waals surface area contributed by atoms with Gasteiger partial charge in [0.1, 0.15) is 11.6 Å². The van der Waals surface area contributed by atoms with Gasteiger partial charge in [0.15, 0.2) is 0 Å². The Morgan fingerprint density at radius 3 is 2.74 bits per heavy atom. The van der Waals surface area contributed by atoms with Gasteiger partial charge in [-0.05, 0) is 37.2 Å². The van der Waals surface area contributed by atoms with E-state index in [1.165, 1.54) is 6.07 Å². The van der Waals surface area contributed by atoms with Crippen LogP contribution in [-0.2, 0) is 0 Å². The lowest BCUT2D eigenvalue weighted by molar-refractivity contribution is 0.403. The maximum Gasteiger partial charge on any atom is 0.142 e. The quantitative estimate of drug-likeness (QED) is 0.918. The van der Waals surface area contributed by atoms with Gasteiger partial charge in [-0.25, -0.2) is 4.39 Å². The van der Waals surface area contributed by atoms with E-state index >= 15 is 0 Å². The summed E-state index contributed by atoms with van der Waals surface area (Å²) in [6.07, 6.45) is 3.40. The molecule has 4 heteroatoms. The SMILES string of the molecule is CNC(c1ccc(F)c(C)c1)c1ccncc1OC. The Labute approximate surface area is 112 Å². The van der Waals surface area contributed by atoms with E-state index in [0.29, 0.717) is 11.3 Å². The first kappa shape index (κ1) is 13.5. The molecule has 0 aliphatic rings. The van der Waals surface area contributed by atoms with Gasteiger partial charge in [-0.3, -0.25) is 4.98 Å². The number of halogens is 1. The number of rotatable bonds is 4. The smallest absolute Gasteiger partial charge is 0.142 e. The highest BCUT2D eigenvalue weighted by molar-refractivity contribution is 5.40. The Morgan fingerprint density at radius 2 is 2.11 bits per heavy atom. The second kappa shape index (κ2) is 5.80. The van der Waals surface area contributed by atoms with Gasteiger partial charge in [-0.1, -0.05) is 12.1 Å². The second-order valence-electron chi connectivity index (χ2n) is 4.35. The van der Waals surface area contributed by atoms with Gasteiger partial charge in [0.05, 0.1) is 19.3 Å². The molecule has 0 aliphatic heterocycles. The predicted molar refractivity (Wildman–Crippen MR) is 72.8 cm³/mol. The Balaban J connectivity index is 2.46. The molecule has 100 valence electrons. The van der Waals surface area contributed by atoms with Gasteiger partial charge < -0.3 is 10.1 Å². The van der Waals surface area contributed by atoms with Crippen molar-refractivity contribution in [1.29, 1.82) is 0 Å². The summed E-state index contributed by atoms with van der Waals surface area (Å²) in [6, 6.07) is 6.96. The van der Waals surface area contributed by atoms with Gasteiger partial charge >= 0.3 is 0 Å². The molecule has 0 radical (unpaired) electrons. The van der Waals surface area contributed by atoms with Crippen molar-refractivity contribution in [2.24, 2.45) is 0 Å². The number of hydrogen-bond donors (Lipinski definition) is 1. The molecule has 0 aliphatic carbocycles. The monoisotopic (exact) mass is 260 g/mol. The molecule has 1 N–H and O–H groups in total. The first-order valence-corrected chi connectivity index (χ1v) is 6.08. The maximum absolute atomic E-state index is 13.4. The summed E-state index contributed by atoms with van der Waals surface area (Å²) in [7, 11) is 3.48. The van der Waals surface area contributed by atoms with Crippen molar-refractivity contribution in [2.45, 2.75) is 13.0 Å². The zero-order valence-electron chi connectivity index (χ0n) is 11.3. The molecule has 2 rings (SSSR count). The number of aromatic nitrogens is 1. The lowest BCUT2D eigenvalue weighted by atomic mass is 9.97. The fourth-order valence-electron chi connectivity index (χ4n) is 2.15. The molecule has 1 heterocycles. The molecule has 1 atom stereocenters. The van der Waals surface area contributed by atoms with Crippen molar-refractivity contribution in [1.82, 2.24) is 10.3 Å². The lowest BCUT2D eigenvalue weighted by Crippen LogP contribution is -2.18. The molecule has 1 aromatic heterocycles. The van der Waals surface area contributed by atoms with Crippen LogP contribution in [0.15, 0.2) is 36.7 Å². The van der Waals surface area contributed by atoms with E-state index in [1.54, 1.807) is 32.5 Å². The molecule has 0 saturated carbocycles. The van der Waals surface area contributed by atoms with Crippen LogP contribution < -0.4 is 10.1 Å². The van der Waals surface area contributed by atoms with Crippen molar-refractivity contribution in [3.05, 3.63) is 59.2 Å². The summed E-state index contributed by atoms with van der Waals surface area (Å²) in [6.45, 7) is 1.76. The summed E-state index contributed by atoms with van der Waals surface area (Å²) in [5.74, 6) is 0.518. The summed E-state index contributed by atoms with van der Waals surface area (Å²) in [4.78, 5) is 4.05. The van der Waals surface area contributed by atoms with Crippen molar-refractivity contribution in [2.75, 3.05) is 14.2 Å². The number of nitrogens with one attached hydrogen (secondary N) is 1. The second-order valence-corrected chi connectivity index (χ2v) is 4.35. The highest BCUT2D eigenvalue weighted by atomic mass is 19.1. The van der Waals surface area contributed by atoms with Crippen LogP contribution in [0.2, 0.25) is 0 Å². The van der Waals surface area contributed by atoms with Crippen LogP contribution in [0.1, 0.15) is 22.7 Å². The number of aryl methyl sites for hydroxylation is 1. The van der Waals surface area contributed by atoms with Crippen LogP contribution in [0.4, 0.5) is 4.39 Å². The first-order chi connectivity index (χ1) is 9.17. The normalized spacial score (nSPS) is 12.2. The van der Waals surface area contributed by atoms with Gasteiger partial charge in [0.2, 0.25) is 0 Å². The molecule has 0 saturated heterocycles. The van der Waals surface area contributed by atoms with Gasteiger partial charge in [0, 0.05) is 11.8 Å². The van der Waals surface area contributed by atoms with E-state index in [0.717, 1.165) is 11.1 Å². The highest BCUT2D eigenvalue weighted by Crippen LogP contribution is 2.29. The summed E-state index contributed by atoms with van der Waals surface area (Å²) >= 11 is 0. The molecule has 2 aromatic rings. The number of methoxy groups -OCH3 is 1. The maximum atomic E-state index is 13.4. The van der Waals surface area contributed by atoms with Gasteiger partial charge in [-0.15, -0.1) is 0 Å². The molecule has 0 bridgehead atoms. The minimum absolute atomic E-state index is 0.0581. The molecular formula is C15H17FN2O. The number of benzene rings is 1. The first-order valence-electron chi connectivity index (χ1n) is 6.08. The van der Waals surface area contributed by atoms with Crippen molar-refractivity contribution in [3.8, 4) is 5.75 Å². The number of ether oxygens (including phenoxy) is 1. The third kappa shape index (κ3) is 2.74. The molecule has 0 fully saturated rings. The van der Waals surface area contributed by atoms with E-state index in [2.05, 4.69) is 10.3 Å². The Hall–Kier alpha value is -1.94. The van der Waals surface area contributed by atoms with Crippen LogP contribution >= 0.6 is 0 Å².